The third-order valence-corrected chi connectivity index (χ3v) is 16.2. The van der Waals surface area contributed by atoms with Crippen LogP contribution in [0.4, 0.5) is 11.4 Å². The van der Waals surface area contributed by atoms with Crippen molar-refractivity contribution in [3.63, 3.8) is 0 Å². The maximum absolute atomic E-state index is 14.5. The summed E-state index contributed by atoms with van der Waals surface area (Å²) < 4.78 is 0. The smallest absolute Gasteiger partial charge is 0.326 e. The first-order chi connectivity index (χ1) is 42.9. The number of nitrogens with one attached hydrogen (secondary N) is 6. The Bertz CT molecular complexity index is 2930. The van der Waals surface area contributed by atoms with Gasteiger partial charge in [-0.05, 0) is 119 Å². The largest absolute Gasteiger partial charge is 0.480 e. The van der Waals surface area contributed by atoms with Crippen LogP contribution in [0.2, 0.25) is 0 Å². The maximum Gasteiger partial charge on any atom is 0.326 e. The Labute approximate surface area is 524 Å². The molecule has 2 aliphatic rings. The summed E-state index contributed by atoms with van der Waals surface area (Å²) in [5, 5.41) is 56.2. The van der Waals surface area contributed by atoms with Crippen molar-refractivity contribution in [2.45, 2.75) is 161 Å². The van der Waals surface area contributed by atoms with Gasteiger partial charge in [0.25, 0.3) is 10.9 Å². The molecule has 5 rings (SSSR count). The molecule has 2 aromatic carbocycles. The predicted octanol–water partition coefficient (Wildman–Crippen LogP) is 0.284. The second-order valence-corrected chi connectivity index (χ2v) is 23.9. The summed E-state index contributed by atoms with van der Waals surface area (Å²) in [7, 11) is 0. The highest BCUT2D eigenvalue weighted by molar-refractivity contribution is 5.97. The Morgan fingerprint density at radius 3 is 1.72 bits per heavy atom. The summed E-state index contributed by atoms with van der Waals surface area (Å²) >= 11 is 0. The predicted molar refractivity (Wildman–Crippen MR) is 335 cm³/mol. The molecule has 28 nitrogen and oxygen atoms in total. The highest BCUT2D eigenvalue weighted by Gasteiger charge is 2.40. The van der Waals surface area contributed by atoms with Crippen LogP contribution in [0.5, 0.6) is 0 Å². The van der Waals surface area contributed by atoms with Crippen molar-refractivity contribution in [3.05, 3.63) is 85.4 Å². The molecule has 2 bridgehead atoms. The number of pyridine rings is 1. The number of aryl methyl sites for hydroxylation is 1. The number of benzene rings is 1. The fourth-order valence-corrected chi connectivity index (χ4v) is 11.2. The van der Waals surface area contributed by atoms with Gasteiger partial charge in [-0.15, -0.1) is 0 Å². The van der Waals surface area contributed by atoms with Gasteiger partial charge in [-0.2, -0.15) is 0 Å². The molecule has 3 heterocycles. The lowest BCUT2D eigenvalue weighted by Crippen LogP contribution is -2.60. The maximum atomic E-state index is 14.5. The second kappa shape index (κ2) is 36.7. The number of anilines is 2. The quantitative estimate of drug-likeness (QED) is 0.0272. The number of nitrogens with two attached hydrogens (primary N) is 2. The molecular weight excluding hydrogens is 1170 g/mol. The number of carbonyl (C=O) groups is 9. The van der Waals surface area contributed by atoms with Crippen LogP contribution in [0.15, 0.2) is 52.1 Å². The highest BCUT2D eigenvalue weighted by Crippen LogP contribution is 2.23. The number of aliphatic carboxylic acids is 4. The van der Waals surface area contributed by atoms with E-state index in [0.717, 1.165) is 5.56 Å². The van der Waals surface area contributed by atoms with Crippen LogP contribution in [0, 0.1) is 11.8 Å². The summed E-state index contributed by atoms with van der Waals surface area (Å²) in [6, 6.07) is 5.43. The number of hydrogen-bond acceptors (Lipinski definition) is 19. The lowest BCUT2D eigenvalue weighted by molar-refractivity contribution is -0.145. The summed E-state index contributed by atoms with van der Waals surface area (Å²) in [5.41, 5.74) is 12.4. The van der Waals surface area contributed by atoms with Crippen molar-refractivity contribution < 1.29 is 63.6 Å². The number of aromatic nitrogens is 1. The van der Waals surface area contributed by atoms with E-state index in [0.29, 0.717) is 74.9 Å². The van der Waals surface area contributed by atoms with Gasteiger partial charge in [-0.25, -0.2) is 4.79 Å². The van der Waals surface area contributed by atoms with Gasteiger partial charge >= 0.3 is 23.9 Å². The zero-order chi connectivity index (χ0) is 66.0. The minimum absolute atomic E-state index is 0.0162. The number of carbonyl (C=O) groups excluding carboxylic acids is 5. The zero-order valence-electron chi connectivity index (χ0n) is 52.2. The Kier molecular flexibility index (Phi) is 29.7. The summed E-state index contributed by atoms with van der Waals surface area (Å²) in [4.78, 5) is 157. The number of likely N-dealkylation sites (tertiary alicyclic amines) is 1. The van der Waals surface area contributed by atoms with Crippen LogP contribution in [-0.2, 0) is 69.1 Å². The van der Waals surface area contributed by atoms with Crippen LogP contribution in [0.25, 0.3) is 0 Å². The minimum atomic E-state index is -1.27. The van der Waals surface area contributed by atoms with Gasteiger partial charge in [0.05, 0.1) is 31.0 Å². The minimum Gasteiger partial charge on any atom is -0.480 e. The average Bonchev–Trinajstić information content (AvgIpc) is 1.70. The topological polar surface area (TPSA) is 419 Å². The molecule has 1 saturated heterocycles. The molecular formula is C62H93N13O15. The molecule has 2 aliphatic heterocycles. The molecule has 3 aromatic rings. The van der Waals surface area contributed by atoms with Crippen molar-refractivity contribution in [1.82, 2.24) is 45.9 Å². The molecule has 28 heteroatoms. The summed E-state index contributed by atoms with van der Waals surface area (Å²) in [6.07, 6.45) is 4.19. The molecule has 90 heavy (non-hydrogen) atoms. The number of carboxylic acid groups (broad SMARTS) is 4. The van der Waals surface area contributed by atoms with Crippen molar-refractivity contribution in [2.75, 3.05) is 82.6 Å². The van der Waals surface area contributed by atoms with Gasteiger partial charge in [-0.1, -0.05) is 64.4 Å². The molecule has 7 atom stereocenters. The van der Waals surface area contributed by atoms with Gasteiger partial charge in [0, 0.05) is 58.8 Å². The Morgan fingerprint density at radius 2 is 1.17 bits per heavy atom. The van der Waals surface area contributed by atoms with Crippen LogP contribution < -0.4 is 54.2 Å². The first kappa shape index (κ1) is 72.8. The Morgan fingerprint density at radius 1 is 0.622 bits per heavy atom. The molecule has 496 valence electrons. The van der Waals surface area contributed by atoms with Crippen LogP contribution >= 0.6 is 0 Å². The van der Waals surface area contributed by atoms with E-state index in [2.05, 4.69) is 31.9 Å². The molecule has 0 unspecified atom stereocenters. The fraction of sp³-hybridized carbons (Fsp3) is 0.613. The lowest BCUT2D eigenvalue weighted by atomic mass is 9.95. The SMILES string of the molecule is CC[C@H](C)[C@H](NC(=O)[C@H](CC(C)C)Nc1c(NCCCc2cc3nc(c2)CN(CC(=O)O)CCN(CC(=O)O)CCN(CC(=O)O)C3)c(=O)c1=O)C(=O)N[C@@H](CCCCN)C(=O)N[C@@H](CCCCN)C(=O)N1CCC[C@H]1C(=O)N[C@@H](Cc1ccccc1)C(=O)O. The summed E-state index contributed by atoms with van der Waals surface area (Å²) in [5.74, 6) is -8.36. The van der Waals surface area contributed by atoms with Gasteiger partial charge < -0.3 is 68.7 Å². The highest BCUT2D eigenvalue weighted by atomic mass is 16.4. The molecule has 1 aromatic heterocycles. The first-order valence-electron chi connectivity index (χ1n) is 31.2. The van der Waals surface area contributed by atoms with Gasteiger partial charge in [-0.3, -0.25) is 67.6 Å². The van der Waals surface area contributed by atoms with Gasteiger partial charge in [0.2, 0.25) is 29.5 Å². The number of amides is 5. The Balaban J connectivity index is 1.29. The van der Waals surface area contributed by atoms with E-state index >= 15 is 0 Å². The number of rotatable bonds is 37. The molecule has 5 amide bonds. The molecule has 0 spiro atoms. The van der Waals surface area contributed by atoms with Crippen molar-refractivity contribution >= 4 is 64.8 Å². The van der Waals surface area contributed by atoms with E-state index in [1.165, 1.54) is 4.90 Å². The summed E-state index contributed by atoms with van der Waals surface area (Å²) in [6.45, 7) is 8.25. The number of fused-ring (bicyclic) bond motifs is 2. The van der Waals surface area contributed by atoms with Crippen molar-refractivity contribution in [3.8, 4) is 0 Å². The van der Waals surface area contributed by atoms with E-state index in [1.54, 1.807) is 64.1 Å². The first-order valence-corrected chi connectivity index (χ1v) is 31.2. The van der Waals surface area contributed by atoms with Gasteiger partial charge in [0.15, 0.2) is 0 Å². The van der Waals surface area contributed by atoms with Crippen LogP contribution in [0.3, 0.4) is 0 Å². The third kappa shape index (κ3) is 23.1. The second-order valence-electron chi connectivity index (χ2n) is 23.9. The number of carboxylic acids is 4. The van der Waals surface area contributed by atoms with E-state index in [9.17, 15) is 73.2 Å². The standard InChI is InChI=1S/C62H93N13O15/c1-5-39(4)52(60(87)68-44(18-9-11-21-63)57(84)69-45(19-10-12-22-64)61(88)75-24-14-20-48(75)59(86)70-47(62(89)90)32-40-15-7-6-8-16-40)71-58(85)46(29-38(2)3)67-54-53(55(82)56(54)83)65-23-13-17-41-30-42-33-73(36-50(78)79)27-25-72(35-49(76)77)26-28-74(37-51(80)81)34-43(31-41)66-42/h6-8,15-16,30-31,38-39,44-48,52,65,67H,5,9-14,17-29,32-37,63-64H2,1-4H3,(H,68,87)(H,69,84)(H,70,86)(H,71,85)(H,76,77)(H,78,79)(H,80,81)(H,89,90)/t39-,44-,45-,46-,47-,48-,52-/m0/s1. The average molecular weight is 1260 g/mol. The fourth-order valence-electron chi connectivity index (χ4n) is 11.2. The van der Waals surface area contributed by atoms with Crippen LogP contribution in [0.1, 0.15) is 121 Å². The third-order valence-electron chi connectivity index (χ3n) is 16.2. The molecule has 0 aliphatic carbocycles. The van der Waals surface area contributed by atoms with Crippen molar-refractivity contribution in [1.29, 1.82) is 0 Å². The normalized spacial score (nSPS) is 17.1. The molecule has 14 N–H and O–H groups in total. The van der Waals surface area contributed by atoms with Crippen molar-refractivity contribution in [2.24, 2.45) is 23.3 Å². The van der Waals surface area contributed by atoms with Gasteiger partial charge in [0.1, 0.15) is 47.6 Å². The zero-order valence-corrected chi connectivity index (χ0v) is 52.2. The van der Waals surface area contributed by atoms with E-state index < -0.39 is 106 Å². The monoisotopic (exact) mass is 1260 g/mol. The Hall–Kier alpha value is -7.92. The molecule has 0 saturated carbocycles. The van der Waals surface area contributed by atoms with E-state index in [1.807, 2.05) is 20.8 Å². The van der Waals surface area contributed by atoms with Crippen LogP contribution in [-0.4, -0.2) is 207 Å². The van der Waals surface area contributed by atoms with E-state index in [-0.39, 0.29) is 128 Å². The number of unbranched alkanes of at least 4 members (excludes halogenated alkanes) is 2. The molecule has 1 fully saturated rings. The number of hydrogen-bond donors (Lipinski definition) is 12. The lowest BCUT2D eigenvalue weighted by Gasteiger charge is -2.31. The van der Waals surface area contributed by atoms with E-state index in [4.69, 9.17) is 16.5 Å². The molecule has 0 radical (unpaired) electrons. The number of nitrogens with zero attached hydrogens (tertiary/aromatic N) is 5.